The number of nitrogens with one attached hydrogen (secondary N) is 2. The molecule has 2 rings (SSSR count). The number of rotatable bonds is 13. The maximum atomic E-state index is 12.8. The van der Waals surface area contributed by atoms with E-state index in [1.807, 2.05) is 41.5 Å². The molecule has 0 radical (unpaired) electrons. The molecule has 0 saturated carbocycles. The number of carbonyl (C=O) groups excluding carboxylic acids is 2. The average molecular weight is 624 g/mol. The largest absolute Gasteiger partial charge is 0.573 e. The number of nitrogens with zero attached hydrogens (tertiary/aromatic N) is 1. The molecule has 244 valence electrons. The zero-order valence-corrected chi connectivity index (χ0v) is 26.6. The van der Waals surface area contributed by atoms with E-state index in [4.69, 9.17) is 5.41 Å². The second kappa shape index (κ2) is 17.5. The number of hydrogen-bond acceptors (Lipinski definition) is 6. The van der Waals surface area contributed by atoms with E-state index in [0.29, 0.717) is 47.8 Å². The van der Waals surface area contributed by atoms with Gasteiger partial charge in [0, 0.05) is 47.5 Å². The van der Waals surface area contributed by atoms with Gasteiger partial charge in [0.1, 0.15) is 11.9 Å². The Labute approximate surface area is 257 Å². The quantitative estimate of drug-likeness (QED) is 0.0889. The molecule has 1 amide bonds. The molecule has 1 heterocycles. The monoisotopic (exact) mass is 623 g/mol. The lowest BCUT2D eigenvalue weighted by Crippen LogP contribution is -2.32. The Morgan fingerprint density at radius 2 is 1.75 bits per heavy atom. The fourth-order valence-corrected chi connectivity index (χ4v) is 4.45. The SMILES string of the molecule is C/C=C\C(=C(\C(=N)C(CC)CC)C(Nc1ccc(OC(F)(F)F)cc1)=C(C)C)N1CCC(O)C1=O.C=C(F)C(=O)[C@H](C)CC. The van der Waals surface area contributed by atoms with Crippen molar-refractivity contribution >= 4 is 23.1 Å². The smallest absolute Gasteiger partial charge is 0.406 e. The molecule has 1 saturated heterocycles. The van der Waals surface area contributed by atoms with Gasteiger partial charge in [-0.25, -0.2) is 4.39 Å². The molecule has 11 heteroatoms. The number of ketones is 1. The molecule has 2 atom stereocenters. The topological polar surface area (TPSA) is 103 Å². The summed E-state index contributed by atoms with van der Waals surface area (Å²) in [6.07, 6.45) is 0.0610. The van der Waals surface area contributed by atoms with Crippen molar-refractivity contribution in [1.82, 2.24) is 4.90 Å². The lowest BCUT2D eigenvalue weighted by Gasteiger charge is -2.28. The predicted octanol–water partition coefficient (Wildman–Crippen LogP) is 8.26. The van der Waals surface area contributed by atoms with Crippen LogP contribution in [0.15, 0.2) is 71.4 Å². The Kier molecular flexibility index (Phi) is 15.3. The fraction of sp³-hybridized carbons (Fsp3) is 0.485. The van der Waals surface area contributed by atoms with Crippen molar-refractivity contribution in [3.63, 3.8) is 0 Å². The number of anilines is 1. The molecule has 44 heavy (non-hydrogen) atoms. The molecule has 1 aliphatic heterocycles. The van der Waals surface area contributed by atoms with Crippen molar-refractivity contribution in [3.05, 3.63) is 71.4 Å². The number of aliphatic hydroxyl groups is 1. The van der Waals surface area contributed by atoms with Crippen molar-refractivity contribution in [2.75, 3.05) is 11.9 Å². The Morgan fingerprint density at radius 1 is 1.18 bits per heavy atom. The molecule has 3 N–H and O–H groups in total. The minimum atomic E-state index is -4.78. The van der Waals surface area contributed by atoms with Crippen LogP contribution in [0, 0.1) is 17.2 Å². The first kappa shape index (κ1) is 38.3. The molecule has 0 bridgehead atoms. The molecule has 0 aromatic heterocycles. The zero-order valence-electron chi connectivity index (χ0n) is 26.6. The van der Waals surface area contributed by atoms with Crippen molar-refractivity contribution in [2.45, 2.75) is 86.6 Å². The highest BCUT2D eigenvalue weighted by Crippen LogP contribution is 2.32. The van der Waals surface area contributed by atoms with E-state index < -0.39 is 30.0 Å². The first-order valence-corrected chi connectivity index (χ1v) is 14.7. The van der Waals surface area contributed by atoms with E-state index in [9.17, 15) is 32.3 Å². The Morgan fingerprint density at radius 3 is 2.11 bits per heavy atom. The normalized spacial score (nSPS) is 16.2. The predicted molar refractivity (Wildman–Crippen MR) is 166 cm³/mol. The van der Waals surface area contributed by atoms with Crippen LogP contribution in [0.1, 0.15) is 74.1 Å². The first-order valence-electron chi connectivity index (χ1n) is 14.7. The van der Waals surface area contributed by atoms with Crippen LogP contribution in [-0.2, 0) is 9.59 Å². The molecule has 0 spiro atoms. The number of Topliss-reactive ketones (excluding diaryl/α,β-unsaturated/α-hetero) is 1. The Hall–Kier alpha value is -3.73. The summed E-state index contributed by atoms with van der Waals surface area (Å²) >= 11 is 0. The second-order valence-corrected chi connectivity index (χ2v) is 10.6. The lowest BCUT2D eigenvalue weighted by molar-refractivity contribution is -0.274. The van der Waals surface area contributed by atoms with E-state index in [1.54, 1.807) is 19.1 Å². The number of hydrogen-bond donors (Lipinski definition) is 3. The fourth-order valence-electron chi connectivity index (χ4n) is 4.45. The lowest BCUT2D eigenvalue weighted by atomic mass is 9.87. The molecule has 1 unspecified atom stereocenters. The Balaban J connectivity index is 0.000000930. The van der Waals surface area contributed by atoms with Gasteiger partial charge >= 0.3 is 6.36 Å². The van der Waals surface area contributed by atoms with Gasteiger partial charge in [0.15, 0.2) is 11.6 Å². The highest BCUT2D eigenvalue weighted by molar-refractivity contribution is 6.06. The van der Waals surface area contributed by atoms with Gasteiger partial charge in [-0.1, -0.05) is 45.9 Å². The minimum Gasteiger partial charge on any atom is -0.406 e. The summed E-state index contributed by atoms with van der Waals surface area (Å²) < 4.78 is 53.5. The molecule has 1 aliphatic rings. The van der Waals surface area contributed by atoms with Crippen molar-refractivity contribution in [2.24, 2.45) is 11.8 Å². The molecular weight excluding hydrogens is 578 g/mol. The minimum absolute atomic E-state index is 0.0772. The van der Waals surface area contributed by atoms with Crippen LogP contribution < -0.4 is 10.1 Å². The van der Waals surface area contributed by atoms with Crippen LogP contribution in [0.2, 0.25) is 0 Å². The van der Waals surface area contributed by atoms with Gasteiger partial charge in [-0.05, 0) is 70.4 Å². The van der Waals surface area contributed by atoms with Gasteiger partial charge in [0.25, 0.3) is 5.91 Å². The van der Waals surface area contributed by atoms with Gasteiger partial charge < -0.3 is 25.5 Å². The molecule has 1 fully saturated rings. The van der Waals surface area contributed by atoms with Gasteiger partial charge in [-0.3, -0.25) is 9.59 Å². The van der Waals surface area contributed by atoms with E-state index in [-0.39, 0.29) is 17.6 Å². The number of amides is 1. The highest BCUT2D eigenvalue weighted by Gasteiger charge is 2.35. The average Bonchev–Trinajstić information content (AvgIpc) is 3.29. The number of benzene rings is 1. The van der Waals surface area contributed by atoms with Crippen LogP contribution >= 0.6 is 0 Å². The summed E-state index contributed by atoms with van der Waals surface area (Å²) in [5.41, 5.74) is 3.27. The van der Waals surface area contributed by atoms with E-state index in [2.05, 4.69) is 16.6 Å². The Bertz CT molecular complexity index is 1260. The number of ether oxygens (including phenoxy) is 1. The third kappa shape index (κ3) is 11.1. The first-order chi connectivity index (χ1) is 20.5. The van der Waals surface area contributed by atoms with Crippen molar-refractivity contribution in [1.29, 1.82) is 5.41 Å². The third-order valence-corrected chi connectivity index (χ3v) is 7.15. The van der Waals surface area contributed by atoms with Crippen LogP contribution in [-0.4, -0.2) is 46.4 Å². The van der Waals surface area contributed by atoms with Crippen LogP contribution in [0.3, 0.4) is 0 Å². The van der Waals surface area contributed by atoms with Crippen molar-refractivity contribution < 1.29 is 37.0 Å². The number of likely N-dealkylation sites (tertiary alicyclic amines) is 1. The number of carbonyl (C=O) groups is 2. The summed E-state index contributed by atoms with van der Waals surface area (Å²) in [6.45, 7) is 16.3. The summed E-state index contributed by atoms with van der Waals surface area (Å²) in [5.74, 6) is -2.36. The van der Waals surface area contributed by atoms with Crippen LogP contribution in [0.5, 0.6) is 5.75 Å². The summed E-state index contributed by atoms with van der Waals surface area (Å²) in [7, 11) is 0. The molecule has 7 nitrogen and oxygen atoms in total. The van der Waals surface area contributed by atoms with Gasteiger partial charge in [0.05, 0.1) is 5.70 Å². The third-order valence-electron chi connectivity index (χ3n) is 7.15. The van der Waals surface area contributed by atoms with Gasteiger partial charge in [0.2, 0.25) is 0 Å². The second-order valence-electron chi connectivity index (χ2n) is 10.6. The number of aliphatic hydroxyl groups excluding tert-OH is 1. The number of allylic oxidation sites excluding steroid dienone is 5. The maximum absolute atomic E-state index is 12.8. The molecule has 1 aromatic rings. The van der Waals surface area contributed by atoms with Crippen molar-refractivity contribution in [3.8, 4) is 5.75 Å². The highest BCUT2D eigenvalue weighted by atomic mass is 19.4. The van der Waals surface area contributed by atoms with E-state index in [0.717, 1.165) is 18.4 Å². The zero-order chi connectivity index (χ0) is 33.8. The van der Waals surface area contributed by atoms with E-state index in [1.165, 1.54) is 29.2 Å². The molecular formula is C33H45F4N3O4. The van der Waals surface area contributed by atoms with Crippen LogP contribution in [0.25, 0.3) is 0 Å². The van der Waals surface area contributed by atoms with Gasteiger partial charge in [-0.2, -0.15) is 0 Å². The van der Waals surface area contributed by atoms with Gasteiger partial charge in [-0.15, -0.1) is 13.2 Å². The standard InChI is InChI=1S/C26H34F3N3O3.C7H11FO/c1-6-9-20(32-15-14-21(33)25(32)34)22(23(30)17(7-2)8-3)24(16(4)5)31-18-10-12-19(13-11-18)35-26(27,28)29;1-4-5(2)7(9)6(3)8/h6,9-13,17,21,30-31,33H,7-8,14-15H2,1-5H3;5H,3-4H2,1-2H3/b9-6-,22-20+,30-23?;/t;5-/m.1/s1. The van der Waals surface area contributed by atoms with Crippen LogP contribution in [0.4, 0.5) is 23.2 Å². The molecule has 1 aromatic carbocycles. The summed E-state index contributed by atoms with van der Waals surface area (Å²) in [4.78, 5) is 24.9. The summed E-state index contributed by atoms with van der Waals surface area (Å²) in [6, 6.07) is 5.34. The molecule has 0 aliphatic carbocycles. The number of halogens is 4. The summed E-state index contributed by atoms with van der Waals surface area (Å²) in [5, 5.41) is 22.4. The maximum Gasteiger partial charge on any atom is 0.573 e. The number of alkyl halides is 3. The van der Waals surface area contributed by atoms with E-state index >= 15 is 0 Å².